The molecule has 0 radical (unpaired) electrons. The van der Waals surface area contributed by atoms with Gasteiger partial charge in [0, 0.05) is 23.7 Å². The van der Waals surface area contributed by atoms with Crippen molar-refractivity contribution in [2.75, 3.05) is 0 Å². The number of ether oxygens (including phenoxy) is 1. The molecular formula is C19H26N2OP2. The lowest BCUT2D eigenvalue weighted by Crippen LogP contribution is -2.18. The summed E-state index contributed by atoms with van der Waals surface area (Å²) < 4.78 is 7.96. The fraction of sp³-hybridized carbons (Fsp3) is 0.316. The van der Waals surface area contributed by atoms with Crippen LogP contribution in [0.1, 0.15) is 43.5 Å². The third-order valence-corrected chi connectivity index (χ3v) is 3.89. The van der Waals surface area contributed by atoms with Crippen LogP contribution in [0.5, 0.6) is 5.75 Å². The van der Waals surface area contributed by atoms with Gasteiger partial charge in [-0.05, 0) is 44.0 Å². The van der Waals surface area contributed by atoms with E-state index in [-0.39, 0.29) is 11.0 Å². The zero-order valence-electron chi connectivity index (χ0n) is 14.8. The first kappa shape index (κ1) is 18.9. The van der Waals surface area contributed by atoms with Gasteiger partial charge in [0.15, 0.2) is 0 Å². The number of allylic oxidation sites excluding steroid dienone is 2. The van der Waals surface area contributed by atoms with E-state index in [1.165, 1.54) is 0 Å². The number of hydrogen-bond acceptors (Lipinski definition) is 2. The fourth-order valence-electron chi connectivity index (χ4n) is 2.37. The molecule has 0 aliphatic rings. The Morgan fingerprint density at radius 2 is 1.96 bits per heavy atom. The Labute approximate surface area is 149 Å². The molecule has 2 rings (SSSR count). The summed E-state index contributed by atoms with van der Waals surface area (Å²) in [6.07, 6.45) is 5.85. The molecular weight excluding hydrogens is 334 g/mol. The highest BCUT2D eigenvalue weighted by Gasteiger charge is 2.12. The minimum atomic E-state index is -0.281. The Morgan fingerprint density at radius 3 is 2.46 bits per heavy atom. The summed E-state index contributed by atoms with van der Waals surface area (Å²) in [5.74, 6) is 1.86. The van der Waals surface area contributed by atoms with Crippen LogP contribution >= 0.6 is 18.5 Å². The van der Waals surface area contributed by atoms with Crippen molar-refractivity contribution >= 4 is 30.3 Å². The van der Waals surface area contributed by atoms with Gasteiger partial charge in [-0.2, -0.15) is 0 Å². The van der Waals surface area contributed by atoms with E-state index in [0.717, 1.165) is 28.4 Å². The molecule has 0 spiro atoms. The van der Waals surface area contributed by atoms with Crippen LogP contribution in [0.3, 0.4) is 0 Å². The molecule has 0 fully saturated rings. The Morgan fingerprint density at radius 1 is 1.33 bits per heavy atom. The zero-order chi connectivity index (χ0) is 17.9. The van der Waals surface area contributed by atoms with Gasteiger partial charge in [-0.3, -0.25) is 0 Å². The molecule has 1 heterocycles. The van der Waals surface area contributed by atoms with Gasteiger partial charge in [0.1, 0.15) is 16.9 Å². The van der Waals surface area contributed by atoms with Crippen molar-refractivity contribution in [3.63, 3.8) is 0 Å². The first-order chi connectivity index (χ1) is 11.2. The minimum Gasteiger partial charge on any atom is -0.484 e. The maximum Gasteiger partial charge on any atom is 0.120 e. The smallest absolute Gasteiger partial charge is 0.120 e. The van der Waals surface area contributed by atoms with Crippen molar-refractivity contribution in [3.05, 3.63) is 60.2 Å². The molecule has 0 N–H and O–H groups in total. The van der Waals surface area contributed by atoms with Gasteiger partial charge in [0.2, 0.25) is 0 Å². The van der Waals surface area contributed by atoms with Crippen molar-refractivity contribution in [3.8, 4) is 5.75 Å². The van der Waals surface area contributed by atoms with E-state index in [0.29, 0.717) is 0 Å². The van der Waals surface area contributed by atoms with E-state index < -0.39 is 0 Å². The highest BCUT2D eigenvalue weighted by Crippen LogP contribution is 2.27. The largest absolute Gasteiger partial charge is 0.484 e. The van der Waals surface area contributed by atoms with Crippen LogP contribution in [-0.2, 0) is 0 Å². The van der Waals surface area contributed by atoms with Gasteiger partial charge >= 0.3 is 0 Å². The molecule has 1 aromatic carbocycles. The van der Waals surface area contributed by atoms with Gasteiger partial charge in [-0.1, -0.05) is 41.0 Å². The molecule has 3 unspecified atom stereocenters. The summed E-state index contributed by atoms with van der Waals surface area (Å²) in [6, 6.07) is 8.07. The summed E-state index contributed by atoms with van der Waals surface area (Å²) >= 11 is 0. The number of aromatic nitrogens is 2. The van der Waals surface area contributed by atoms with E-state index in [4.69, 9.17) is 4.74 Å². The lowest BCUT2D eigenvalue weighted by atomic mass is 10.1. The van der Waals surface area contributed by atoms with E-state index >= 15 is 0 Å². The van der Waals surface area contributed by atoms with Crippen molar-refractivity contribution in [2.24, 2.45) is 0 Å². The number of aryl methyl sites for hydroxylation is 1. The van der Waals surface area contributed by atoms with E-state index in [2.05, 4.69) is 66.8 Å². The molecule has 3 nitrogen and oxygen atoms in total. The van der Waals surface area contributed by atoms with Crippen molar-refractivity contribution in [2.45, 2.75) is 38.7 Å². The monoisotopic (exact) mass is 360 g/mol. The Kier molecular flexibility index (Phi) is 6.01. The SMILES string of the molecule is C=C/C(=C\n1c(C)cnc1C(C)P)c1ccc(OC(C)(C)P)cc1. The summed E-state index contributed by atoms with van der Waals surface area (Å²) in [7, 11) is 5.48. The summed E-state index contributed by atoms with van der Waals surface area (Å²) in [4.78, 5) is 4.49. The first-order valence-corrected chi connectivity index (χ1v) is 9.17. The molecule has 5 heteroatoms. The predicted octanol–water partition coefficient (Wildman–Crippen LogP) is 5.30. The topological polar surface area (TPSA) is 27.1 Å². The molecule has 0 saturated heterocycles. The molecule has 0 saturated carbocycles. The second kappa shape index (κ2) is 7.64. The van der Waals surface area contributed by atoms with Crippen LogP contribution in [0.25, 0.3) is 11.8 Å². The molecule has 2 aromatic rings. The van der Waals surface area contributed by atoms with Crippen molar-refractivity contribution in [1.29, 1.82) is 0 Å². The Balaban J connectivity index is 2.35. The van der Waals surface area contributed by atoms with Crippen LogP contribution in [0.15, 0.2) is 43.1 Å². The van der Waals surface area contributed by atoms with Crippen LogP contribution in [-0.4, -0.2) is 14.9 Å². The van der Waals surface area contributed by atoms with E-state index in [1.54, 1.807) is 0 Å². The maximum absolute atomic E-state index is 5.85. The zero-order valence-corrected chi connectivity index (χ0v) is 17.1. The molecule has 0 aliphatic carbocycles. The summed E-state index contributed by atoms with van der Waals surface area (Å²) in [5.41, 5.74) is 3.51. The average molecular weight is 360 g/mol. The number of benzene rings is 1. The van der Waals surface area contributed by atoms with Crippen LogP contribution in [0, 0.1) is 6.92 Å². The third kappa shape index (κ3) is 4.79. The molecule has 0 bridgehead atoms. The van der Waals surface area contributed by atoms with Crippen LogP contribution in [0.4, 0.5) is 0 Å². The average Bonchev–Trinajstić information content (AvgIpc) is 2.85. The summed E-state index contributed by atoms with van der Waals surface area (Å²) in [5, 5.41) is -0.281. The minimum absolute atomic E-state index is 0.279. The standard InChI is InChI=1S/C19H26N2OP2/c1-6-15(12-21-13(2)11-20-18(21)14(3)23)16-7-9-17(10-8-16)22-19(4,5)24/h6-12,14H,1,23-24H2,2-5H3/b15-12+. The molecule has 1 aromatic heterocycles. The van der Waals surface area contributed by atoms with Crippen LogP contribution < -0.4 is 4.74 Å². The number of hydrogen-bond donors (Lipinski definition) is 0. The second-order valence-corrected chi connectivity index (χ2v) is 8.83. The predicted molar refractivity (Wildman–Crippen MR) is 110 cm³/mol. The highest BCUT2D eigenvalue weighted by atomic mass is 31.0. The fourth-order valence-corrected chi connectivity index (χ4v) is 2.76. The molecule has 24 heavy (non-hydrogen) atoms. The molecule has 128 valence electrons. The number of nitrogens with zero attached hydrogens (tertiary/aromatic N) is 2. The summed E-state index contributed by atoms with van der Waals surface area (Å²) in [6.45, 7) is 12.1. The van der Waals surface area contributed by atoms with Gasteiger partial charge in [-0.15, -0.1) is 9.24 Å². The van der Waals surface area contributed by atoms with E-state index in [9.17, 15) is 0 Å². The quantitative estimate of drug-likeness (QED) is 0.516. The lowest BCUT2D eigenvalue weighted by Gasteiger charge is -2.21. The Bertz CT molecular complexity index is 738. The van der Waals surface area contributed by atoms with Gasteiger partial charge in [0.25, 0.3) is 0 Å². The number of imidazole rings is 1. The highest BCUT2D eigenvalue weighted by molar-refractivity contribution is 7.18. The Hall–Kier alpha value is -1.43. The van der Waals surface area contributed by atoms with Crippen molar-refractivity contribution < 1.29 is 4.74 Å². The van der Waals surface area contributed by atoms with Crippen molar-refractivity contribution in [1.82, 2.24) is 9.55 Å². The molecule has 3 atom stereocenters. The maximum atomic E-state index is 5.85. The number of rotatable bonds is 6. The van der Waals surface area contributed by atoms with E-state index in [1.807, 2.05) is 38.3 Å². The second-order valence-electron chi connectivity index (χ2n) is 6.43. The van der Waals surface area contributed by atoms with Gasteiger partial charge < -0.3 is 9.30 Å². The lowest BCUT2D eigenvalue weighted by molar-refractivity contribution is 0.206. The third-order valence-electron chi connectivity index (χ3n) is 3.47. The van der Waals surface area contributed by atoms with Gasteiger partial charge in [-0.25, -0.2) is 4.98 Å². The first-order valence-electron chi connectivity index (χ1n) is 7.93. The molecule has 0 amide bonds. The van der Waals surface area contributed by atoms with Crippen LogP contribution in [0.2, 0.25) is 0 Å². The molecule has 0 aliphatic heterocycles. The normalized spacial score (nSPS) is 13.7. The van der Waals surface area contributed by atoms with Gasteiger partial charge in [0.05, 0.1) is 0 Å².